The Balaban J connectivity index is 1.40. The molecule has 1 N–H and O–H groups in total. The smallest absolute Gasteiger partial charge is 0.243 e. The Hall–Kier alpha value is -3.14. The van der Waals surface area contributed by atoms with Gasteiger partial charge in [0.1, 0.15) is 0 Å². The Kier molecular flexibility index (Phi) is 4.40. The summed E-state index contributed by atoms with van der Waals surface area (Å²) in [5, 5.41) is 5.11. The molecule has 1 heterocycles. The van der Waals surface area contributed by atoms with Gasteiger partial charge in [-0.15, -0.1) is 0 Å². The lowest BCUT2D eigenvalue weighted by Crippen LogP contribution is -2.34. The summed E-state index contributed by atoms with van der Waals surface area (Å²) in [4.78, 5) is 26.3. The van der Waals surface area contributed by atoms with Gasteiger partial charge >= 0.3 is 0 Å². The van der Waals surface area contributed by atoms with E-state index in [1.165, 1.54) is 0 Å². The van der Waals surface area contributed by atoms with E-state index in [2.05, 4.69) is 5.32 Å². The number of hydrogen-bond donors (Lipinski definition) is 1. The third-order valence-corrected chi connectivity index (χ3v) is 4.85. The van der Waals surface area contributed by atoms with Gasteiger partial charge in [0, 0.05) is 24.6 Å². The molecule has 4 nitrogen and oxygen atoms in total. The van der Waals surface area contributed by atoms with Crippen LogP contribution in [-0.4, -0.2) is 29.8 Å². The first-order valence-corrected chi connectivity index (χ1v) is 8.80. The molecule has 0 unspecified atom stereocenters. The quantitative estimate of drug-likeness (QED) is 0.783. The van der Waals surface area contributed by atoms with Crippen LogP contribution in [0.2, 0.25) is 0 Å². The normalized spacial score (nSPS) is 16.8. The van der Waals surface area contributed by atoms with Crippen molar-refractivity contribution < 1.29 is 9.59 Å². The fourth-order valence-corrected chi connectivity index (χ4v) is 3.51. The third kappa shape index (κ3) is 3.45. The summed E-state index contributed by atoms with van der Waals surface area (Å²) < 4.78 is 0. The maximum Gasteiger partial charge on any atom is 0.243 e. The maximum atomic E-state index is 12.4. The largest absolute Gasteiger partial charge is 0.333 e. The van der Waals surface area contributed by atoms with Gasteiger partial charge in [-0.3, -0.25) is 9.59 Å². The number of amides is 2. The summed E-state index contributed by atoms with van der Waals surface area (Å²) in [5.41, 5.74) is 1.90. The number of benzene rings is 3. The number of nitrogens with zero attached hydrogens (tertiary/aromatic N) is 1. The van der Waals surface area contributed by atoms with E-state index in [0.29, 0.717) is 13.0 Å². The predicted molar refractivity (Wildman–Crippen MR) is 103 cm³/mol. The molecule has 1 atom stereocenters. The molecular weight excluding hydrogens is 324 g/mol. The molecule has 0 aliphatic carbocycles. The lowest BCUT2D eigenvalue weighted by atomic mass is 9.99. The number of carbonyl (C=O) groups excluding carboxylic acids is 2. The highest BCUT2D eigenvalue weighted by Crippen LogP contribution is 2.27. The van der Waals surface area contributed by atoms with Gasteiger partial charge in [-0.1, -0.05) is 60.7 Å². The topological polar surface area (TPSA) is 49.4 Å². The van der Waals surface area contributed by atoms with Crippen LogP contribution >= 0.6 is 0 Å². The molecule has 1 saturated heterocycles. The van der Waals surface area contributed by atoms with E-state index in [0.717, 1.165) is 22.0 Å². The Morgan fingerprint density at radius 2 is 1.69 bits per heavy atom. The summed E-state index contributed by atoms with van der Waals surface area (Å²) in [6.07, 6.45) is 0.466. The molecule has 26 heavy (non-hydrogen) atoms. The van der Waals surface area contributed by atoms with Gasteiger partial charge in [-0.05, 0) is 28.5 Å². The molecule has 0 spiro atoms. The molecule has 0 saturated carbocycles. The minimum Gasteiger partial charge on any atom is -0.333 e. The summed E-state index contributed by atoms with van der Waals surface area (Å²) >= 11 is 0. The van der Waals surface area contributed by atoms with Crippen molar-refractivity contribution in [1.82, 2.24) is 4.90 Å². The minimum absolute atomic E-state index is 0.0347. The molecule has 1 fully saturated rings. The molecule has 1 aliphatic rings. The monoisotopic (exact) mass is 344 g/mol. The van der Waals surface area contributed by atoms with Gasteiger partial charge < -0.3 is 10.2 Å². The first-order valence-electron chi connectivity index (χ1n) is 8.80. The fourth-order valence-electron chi connectivity index (χ4n) is 3.51. The zero-order chi connectivity index (χ0) is 17.9. The van der Waals surface area contributed by atoms with Gasteiger partial charge in [0.25, 0.3) is 0 Å². The van der Waals surface area contributed by atoms with Gasteiger partial charge in [0.05, 0.1) is 6.54 Å². The Bertz CT molecular complexity index is 953. The number of fused-ring (bicyclic) bond motifs is 1. The lowest BCUT2D eigenvalue weighted by molar-refractivity contribution is -0.131. The zero-order valence-electron chi connectivity index (χ0n) is 14.4. The Morgan fingerprint density at radius 1 is 0.962 bits per heavy atom. The van der Waals surface area contributed by atoms with E-state index < -0.39 is 0 Å². The van der Waals surface area contributed by atoms with E-state index in [4.69, 9.17) is 0 Å². The van der Waals surface area contributed by atoms with Crippen LogP contribution in [0.3, 0.4) is 0 Å². The molecule has 1 aliphatic heterocycles. The van der Waals surface area contributed by atoms with Crippen LogP contribution in [-0.2, 0) is 9.59 Å². The van der Waals surface area contributed by atoms with Crippen molar-refractivity contribution >= 4 is 28.3 Å². The number of nitrogens with one attached hydrogen (secondary N) is 1. The highest BCUT2D eigenvalue weighted by molar-refractivity contribution is 5.97. The van der Waals surface area contributed by atoms with E-state index >= 15 is 0 Å². The Labute approximate surface area is 152 Å². The molecule has 130 valence electrons. The summed E-state index contributed by atoms with van der Waals surface area (Å²) in [6.45, 7) is 0.684. The van der Waals surface area contributed by atoms with Crippen LogP contribution in [0.5, 0.6) is 0 Å². The second kappa shape index (κ2) is 7.00. The highest BCUT2D eigenvalue weighted by Gasteiger charge is 2.31. The molecule has 3 aromatic rings. The fraction of sp³-hybridized carbons (Fsp3) is 0.182. The summed E-state index contributed by atoms with van der Waals surface area (Å²) in [7, 11) is 0. The van der Waals surface area contributed by atoms with Crippen molar-refractivity contribution in [3.63, 3.8) is 0 Å². The third-order valence-electron chi connectivity index (χ3n) is 4.85. The van der Waals surface area contributed by atoms with Crippen molar-refractivity contribution in [2.75, 3.05) is 18.4 Å². The molecule has 3 aromatic carbocycles. The second-order valence-electron chi connectivity index (χ2n) is 6.70. The van der Waals surface area contributed by atoms with Crippen molar-refractivity contribution in [2.45, 2.75) is 12.3 Å². The molecule has 4 rings (SSSR count). The van der Waals surface area contributed by atoms with Crippen LogP contribution in [0.25, 0.3) is 10.8 Å². The standard InChI is InChI=1S/C22H20N2O2/c25-21(23-20-11-10-17-8-4-5-9-18(17)12-20)15-24-14-19(13-22(24)26)16-6-2-1-3-7-16/h1-12,19H,13-15H2,(H,23,25)/t19-/m0/s1. The van der Waals surface area contributed by atoms with E-state index in [1.807, 2.05) is 72.8 Å². The highest BCUT2D eigenvalue weighted by atomic mass is 16.2. The Morgan fingerprint density at radius 3 is 2.50 bits per heavy atom. The molecule has 0 aromatic heterocycles. The van der Waals surface area contributed by atoms with E-state index in [9.17, 15) is 9.59 Å². The number of likely N-dealkylation sites (tertiary alicyclic amines) is 1. The number of anilines is 1. The molecule has 4 heteroatoms. The first-order chi connectivity index (χ1) is 12.7. The van der Waals surface area contributed by atoms with Crippen molar-refractivity contribution in [2.24, 2.45) is 0 Å². The number of carbonyl (C=O) groups is 2. The van der Waals surface area contributed by atoms with Crippen LogP contribution < -0.4 is 5.32 Å². The van der Waals surface area contributed by atoms with Gasteiger partial charge in [0.15, 0.2) is 0 Å². The zero-order valence-corrected chi connectivity index (χ0v) is 14.4. The van der Waals surface area contributed by atoms with Gasteiger partial charge in [-0.25, -0.2) is 0 Å². The van der Waals surface area contributed by atoms with Crippen molar-refractivity contribution in [3.8, 4) is 0 Å². The summed E-state index contributed by atoms with van der Waals surface area (Å²) in [5.74, 6) is 0.0343. The van der Waals surface area contributed by atoms with Crippen LogP contribution in [0.1, 0.15) is 17.9 Å². The van der Waals surface area contributed by atoms with E-state index in [-0.39, 0.29) is 24.3 Å². The average Bonchev–Trinajstić information content (AvgIpc) is 3.03. The molecule has 2 amide bonds. The SMILES string of the molecule is O=C(CN1C[C@@H](c2ccccc2)CC1=O)Nc1ccc2ccccc2c1. The molecular formula is C22H20N2O2. The van der Waals surface area contributed by atoms with Crippen LogP contribution in [0, 0.1) is 0 Å². The number of rotatable bonds is 4. The van der Waals surface area contributed by atoms with E-state index in [1.54, 1.807) is 4.90 Å². The maximum absolute atomic E-state index is 12.4. The number of hydrogen-bond acceptors (Lipinski definition) is 2. The van der Waals surface area contributed by atoms with Crippen LogP contribution in [0.15, 0.2) is 72.8 Å². The first kappa shape index (κ1) is 16.3. The van der Waals surface area contributed by atoms with Gasteiger partial charge in [0.2, 0.25) is 11.8 Å². The summed E-state index contributed by atoms with van der Waals surface area (Å²) in [6, 6.07) is 23.8. The predicted octanol–water partition coefficient (Wildman–Crippen LogP) is 3.79. The minimum atomic E-state index is -0.164. The second-order valence-corrected chi connectivity index (χ2v) is 6.70. The average molecular weight is 344 g/mol. The van der Waals surface area contributed by atoms with Crippen molar-refractivity contribution in [1.29, 1.82) is 0 Å². The van der Waals surface area contributed by atoms with Crippen LogP contribution in [0.4, 0.5) is 5.69 Å². The molecule has 0 radical (unpaired) electrons. The van der Waals surface area contributed by atoms with Crippen molar-refractivity contribution in [3.05, 3.63) is 78.4 Å². The van der Waals surface area contributed by atoms with Gasteiger partial charge in [-0.2, -0.15) is 0 Å². The lowest BCUT2D eigenvalue weighted by Gasteiger charge is -2.16. The molecule has 0 bridgehead atoms.